The minimum Gasteiger partial charge on any atom is -0.316 e. The van der Waals surface area contributed by atoms with Crippen molar-refractivity contribution in [2.45, 2.75) is 26.2 Å². The lowest BCUT2D eigenvalue weighted by atomic mass is 9.92. The smallest absolute Gasteiger partial charge is 0.127 e. The lowest BCUT2D eigenvalue weighted by Crippen LogP contribution is -2.10. The molecule has 1 aromatic carbocycles. The average molecular weight is 193 g/mol. The van der Waals surface area contributed by atoms with E-state index < -0.39 is 0 Å². The van der Waals surface area contributed by atoms with Crippen LogP contribution in [0.2, 0.25) is 0 Å². The van der Waals surface area contributed by atoms with Crippen molar-refractivity contribution >= 4 is 0 Å². The third kappa shape index (κ3) is 1.67. The van der Waals surface area contributed by atoms with Crippen LogP contribution in [0.3, 0.4) is 0 Å². The van der Waals surface area contributed by atoms with E-state index in [-0.39, 0.29) is 5.82 Å². The summed E-state index contributed by atoms with van der Waals surface area (Å²) < 4.78 is 13.7. The topological polar surface area (TPSA) is 12.0 Å². The largest absolute Gasteiger partial charge is 0.316 e. The van der Waals surface area contributed by atoms with E-state index in [0.29, 0.717) is 5.92 Å². The zero-order chi connectivity index (χ0) is 10.1. The highest BCUT2D eigenvalue weighted by molar-refractivity contribution is 5.35. The first-order chi connectivity index (χ1) is 6.68. The zero-order valence-electron chi connectivity index (χ0n) is 8.73. The highest BCUT2D eigenvalue weighted by Gasteiger charge is 2.21. The fourth-order valence-corrected chi connectivity index (χ4v) is 2.34. The summed E-state index contributed by atoms with van der Waals surface area (Å²) in [7, 11) is 0. The Morgan fingerprint density at radius 1 is 1.36 bits per heavy atom. The van der Waals surface area contributed by atoms with E-state index in [4.69, 9.17) is 0 Å². The highest BCUT2D eigenvalue weighted by atomic mass is 19.1. The number of aryl methyl sites for hydroxylation is 2. The molecule has 1 aliphatic rings. The van der Waals surface area contributed by atoms with E-state index in [0.717, 1.165) is 36.2 Å². The summed E-state index contributed by atoms with van der Waals surface area (Å²) in [6.45, 7) is 5.87. The Morgan fingerprint density at radius 3 is 2.71 bits per heavy atom. The molecule has 1 heterocycles. The average Bonchev–Trinajstić information content (AvgIpc) is 2.54. The van der Waals surface area contributed by atoms with Gasteiger partial charge in [-0.2, -0.15) is 0 Å². The van der Waals surface area contributed by atoms with Gasteiger partial charge in [0.05, 0.1) is 0 Å². The number of halogens is 1. The molecule has 0 amide bonds. The van der Waals surface area contributed by atoms with Crippen LogP contribution in [0.15, 0.2) is 12.1 Å². The normalized spacial score (nSPS) is 21.5. The molecule has 1 aromatic rings. The lowest BCUT2D eigenvalue weighted by Gasteiger charge is -2.14. The Kier molecular flexibility index (Phi) is 2.55. The van der Waals surface area contributed by atoms with Crippen LogP contribution in [0.5, 0.6) is 0 Å². The summed E-state index contributed by atoms with van der Waals surface area (Å²) in [6, 6.07) is 3.71. The van der Waals surface area contributed by atoms with Gasteiger partial charge >= 0.3 is 0 Å². The highest BCUT2D eigenvalue weighted by Crippen LogP contribution is 2.28. The molecule has 1 nitrogen and oxygen atoms in total. The summed E-state index contributed by atoms with van der Waals surface area (Å²) in [4.78, 5) is 0. The first kappa shape index (κ1) is 9.66. The molecule has 0 bridgehead atoms. The predicted octanol–water partition coefficient (Wildman–Crippen LogP) is 2.52. The predicted molar refractivity (Wildman–Crippen MR) is 56.1 cm³/mol. The molecule has 1 fully saturated rings. The van der Waals surface area contributed by atoms with Crippen molar-refractivity contribution in [3.8, 4) is 0 Å². The minimum absolute atomic E-state index is 0.0313. The molecule has 14 heavy (non-hydrogen) atoms. The molecule has 1 atom stereocenters. The molecule has 76 valence electrons. The van der Waals surface area contributed by atoms with Crippen LogP contribution in [-0.2, 0) is 0 Å². The van der Waals surface area contributed by atoms with Gasteiger partial charge in [-0.25, -0.2) is 4.39 Å². The standard InChI is InChI=1S/C12H16FN/c1-8-5-9(2)12(11(13)6-8)10-3-4-14-7-10/h5-6,10,14H,3-4,7H2,1-2H3. The second-order valence-corrected chi connectivity index (χ2v) is 4.17. The van der Waals surface area contributed by atoms with Gasteiger partial charge in [0.25, 0.3) is 0 Å². The molecule has 0 aliphatic carbocycles. The Bertz CT molecular complexity index is 317. The molecule has 1 saturated heterocycles. The first-order valence-electron chi connectivity index (χ1n) is 5.16. The van der Waals surface area contributed by atoms with Crippen molar-refractivity contribution in [3.63, 3.8) is 0 Å². The van der Waals surface area contributed by atoms with E-state index in [1.807, 2.05) is 13.8 Å². The second-order valence-electron chi connectivity index (χ2n) is 4.17. The van der Waals surface area contributed by atoms with Crippen LogP contribution in [0.25, 0.3) is 0 Å². The number of hydrogen-bond donors (Lipinski definition) is 1. The van der Waals surface area contributed by atoms with E-state index in [2.05, 4.69) is 11.4 Å². The van der Waals surface area contributed by atoms with E-state index in [1.54, 1.807) is 6.07 Å². The number of nitrogens with one attached hydrogen (secondary N) is 1. The van der Waals surface area contributed by atoms with Crippen molar-refractivity contribution in [1.29, 1.82) is 0 Å². The Labute approximate surface area is 84.3 Å². The molecule has 2 rings (SSSR count). The van der Waals surface area contributed by atoms with Gasteiger partial charge in [0.2, 0.25) is 0 Å². The van der Waals surface area contributed by atoms with Gasteiger partial charge in [0.15, 0.2) is 0 Å². The maximum absolute atomic E-state index is 13.7. The van der Waals surface area contributed by atoms with Crippen molar-refractivity contribution in [3.05, 3.63) is 34.6 Å². The van der Waals surface area contributed by atoms with Crippen LogP contribution in [-0.4, -0.2) is 13.1 Å². The van der Waals surface area contributed by atoms with Gasteiger partial charge in [-0.3, -0.25) is 0 Å². The Morgan fingerprint density at radius 2 is 2.14 bits per heavy atom. The quantitative estimate of drug-likeness (QED) is 0.722. The van der Waals surface area contributed by atoms with Crippen LogP contribution in [0, 0.1) is 19.7 Å². The van der Waals surface area contributed by atoms with Crippen LogP contribution in [0.1, 0.15) is 29.0 Å². The molecule has 0 aromatic heterocycles. The molecule has 2 heteroatoms. The summed E-state index contributed by atoms with van der Waals surface area (Å²) in [5.41, 5.74) is 3.02. The maximum atomic E-state index is 13.7. The SMILES string of the molecule is Cc1cc(C)c(C2CCNC2)c(F)c1. The lowest BCUT2D eigenvalue weighted by molar-refractivity contribution is 0.584. The second kappa shape index (κ2) is 3.70. The minimum atomic E-state index is -0.0313. The summed E-state index contributed by atoms with van der Waals surface area (Å²) in [5.74, 6) is 0.340. The molecule has 0 radical (unpaired) electrons. The summed E-state index contributed by atoms with van der Waals surface area (Å²) in [5, 5.41) is 3.27. The number of hydrogen-bond acceptors (Lipinski definition) is 1. The van der Waals surface area contributed by atoms with Crippen LogP contribution >= 0.6 is 0 Å². The maximum Gasteiger partial charge on any atom is 0.127 e. The molecule has 0 spiro atoms. The van der Waals surface area contributed by atoms with Crippen LogP contribution in [0.4, 0.5) is 4.39 Å². The van der Waals surface area contributed by atoms with Gasteiger partial charge in [0.1, 0.15) is 5.82 Å². The molecule has 1 aliphatic heterocycles. The van der Waals surface area contributed by atoms with E-state index in [1.165, 1.54) is 0 Å². The molecular formula is C12H16FN. The molecular weight excluding hydrogens is 177 g/mol. The zero-order valence-corrected chi connectivity index (χ0v) is 8.73. The number of benzene rings is 1. The third-order valence-electron chi connectivity index (χ3n) is 2.95. The monoisotopic (exact) mass is 193 g/mol. The summed E-state index contributed by atoms with van der Waals surface area (Å²) in [6.07, 6.45) is 1.06. The van der Waals surface area contributed by atoms with Crippen LogP contribution < -0.4 is 5.32 Å². The van der Waals surface area contributed by atoms with Gasteiger partial charge in [-0.1, -0.05) is 6.07 Å². The molecule has 1 unspecified atom stereocenters. The van der Waals surface area contributed by atoms with E-state index in [9.17, 15) is 4.39 Å². The Hall–Kier alpha value is -0.890. The van der Waals surface area contributed by atoms with Crippen molar-refractivity contribution in [1.82, 2.24) is 5.32 Å². The van der Waals surface area contributed by atoms with Crippen molar-refractivity contribution < 1.29 is 4.39 Å². The number of rotatable bonds is 1. The van der Waals surface area contributed by atoms with Crippen molar-refractivity contribution in [2.75, 3.05) is 13.1 Å². The van der Waals surface area contributed by atoms with Gasteiger partial charge in [-0.05, 0) is 49.6 Å². The molecule has 1 N–H and O–H groups in total. The fraction of sp³-hybridized carbons (Fsp3) is 0.500. The molecule has 0 saturated carbocycles. The third-order valence-corrected chi connectivity index (χ3v) is 2.95. The van der Waals surface area contributed by atoms with Gasteiger partial charge in [0, 0.05) is 12.5 Å². The Balaban J connectivity index is 2.40. The van der Waals surface area contributed by atoms with E-state index >= 15 is 0 Å². The van der Waals surface area contributed by atoms with Gasteiger partial charge in [-0.15, -0.1) is 0 Å². The fourth-order valence-electron chi connectivity index (χ4n) is 2.34. The van der Waals surface area contributed by atoms with Crippen molar-refractivity contribution in [2.24, 2.45) is 0 Å². The first-order valence-corrected chi connectivity index (χ1v) is 5.16. The summed E-state index contributed by atoms with van der Waals surface area (Å²) >= 11 is 0. The van der Waals surface area contributed by atoms with Gasteiger partial charge < -0.3 is 5.32 Å².